The van der Waals surface area contributed by atoms with E-state index in [1.807, 2.05) is 108 Å². The number of para-hydroxylation sites is 1. The first-order chi connectivity index (χ1) is 21.9. The molecule has 0 spiro atoms. The van der Waals surface area contributed by atoms with Gasteiger partial charge in [0.05, 0.1) is 28.5 Å². The number of hydrogen-bond donors (Lipinski definition) is 0. The molecule has 0 amide bonds. The molecule has 0 aliphatic rings. The highest BCUT2D eigenvalue weighted by atomic mass is 15.3. The van der Waals surface area contributed by atoms with E-state index >= 15 is 0 Å². The van der Waals surface area contributed by atoms with E-state index in [9.17, 15) is 0 Å². The second-order valence-corrected chi connectivity index (χ2v) is 11.8. The summed E-state index contributed by atoms with van der Waals surface area (Å²) in [7, 11) is 0. The maximum absolute atomic E-state index is 5.04. The zero-order valence-corrected chi connectivity index (χ0v) is 25.3. The summed E-state index contributed by atoms with van der Waals surface area (Å²) >= 11 is 0. The van der Waals surface area contributed by atoms with E-state index in [0.29, 0.717) is 17.3 Å². The van der Waals surface area contributed by atoms with Crippen molar-refractivity contribution in [3.8, 4) is 62.8 Å². The quantitative estimate of drug-likeness (QED) is 0.195. The summed E-state index contributed by atoms with van der Waals surface area (Å²) in [5.74, 6) is 1.24. The van der Waals surface area contributed by atoms with Crippen molar-refractivity contribution in [1.82, 2.24) is 34.7 Å². The van der Waals surface area contributed by atoms with E-state index in [-0.39, 0.29) is 5.41 Å². The number of aromatic nitrogens is 7. The zero-order chi connectivity index (χ0) is 30.8. The van der Waals surface area contributed by atoms with Gasteiger partial charge >= 0.3 is 0 Å². The van der Waals surface area contributed by atoms with Gasteiger partial charge in [0.25, 0.3) is 0 Å². The largest absolute Gasteiger partial charge is 0.272 e. The fraction of sp³-hybridized carbons (Fsp3) is 0.105. The lowest BCUT2D eigenvalue weighted by molar-refractivity contribution is 0.590. The summed E-state index contributed by atoms with van der Waals surface area (Å²) in [4.78, 5) is 19.4. The molecule has 218 valence electrons. The number of pyridine rings is 4. The van der Waals surface area contributed by atoms with Gasteiger partial charge in [-0.15, -0.1) is 10.2 Å². The third kappa shape index (κ3) is 5.76. The molecule has 5 heterocycles. The van der Waals surface area contributed by atoms with E-state index in [1.54, 1.807) is 6.20 Å². The van der Waals surface area contributed by atoms with Crippen LogP contribution >= 0.6 is 0 Å². The highest BCUT2D eigenvalue weighted by molar-refractivity contribution is 5.69. The van der Waals surface area contributed by atoms with E-state index in [2.05, 4.69) is 60.2 Å². The second kappa shape index (κ2) is 11.7. The Labute approximate surface area is 262 Å². The van der Waals surface area contributed by atoms with E-state index in [1.165, 1.54) is 5.56 Å². The van der Waals surface area contributed by atoms with Gasteiger partial charge in [-0.05, 0) is 71.6 Å². The highest BCUT2D eigenvalue weighted by Crippen LogP contribution is 2.31. The Hall–Kier alpha value is -5.82. The maximum Gasteiger partial charge on any atom is 0.187 e. The molecule has 7 heteroatoms. The predicted octanol–water partition coefficient (Wildman–Crippen LogP) is 8.48. The number of hydrogen-bond acceptors (Lipinski definition) is 6. The van der Waals surface area contributed by atoms with Crippen molar-refractivity contribution in [2.24, 2.45) is 0 Å². The lowest BCUT2D eigenvalue weighted by Crippen LogP contribution is -2.10. The van der Waals surface area contributed by atoms with Crippen molar-refractivity contribution in [2.45, 2.75) is 26.2 Å². The molecule has 0 N–H and O–H groups in total. The maximum atomic E-state index is 5.04. The third-order valence-corrected chi connectivity index (χ3v) is 7.62. The molecule has 0 unspecified atom stereocenters. The first-order valence-corrected chi connectivity index (χ1v) is 14.9. The van der Waals surface area contributed by atoms with E-state index in [0.717, 1.165) is 45.4 Å². The Morgan fingerprint density at radius 1 is 0.444 bits per heavy atom. The van der Waals surface area contributed by atoms with E-state index in [4.69, 9.17) is 15.0 Å². The minimum Gasteiger partial charge on any atom is -0.272 e. The Morgan fingerprint density at radius 3 is 1.51 bits per heavy atom. The van der Waals surface area contributed by atoms with Gasteiger partial charge in [0.2, 0.25) is 0 Å². The molecular weight excluding hydrogens is 554 g/mol. The normalized spacial score (nSPS) is 11.4. The van der Waals surface area contributed by atoms with Gasteiger partial charge in [0.1, 0.15) is 11.4 Å². The monoisotopic (exact) mass is 585 g/mol. The van der Waals surface area contributed by atoms with Crippen LogP contribution in [0.5, 0.6) is 0 Å². The second-order valence-electron chi connectivity index (χ2n) is 11.8. The lowest BCUT2D eigenvalue weighted by atomic mass is 9.86. The van der Waals surface area contributed by atoms with Crippen LogP contribution in [0.4, 0.5) is 0 Å². The van der Waals surface area contributed by atoms with Crippen LogP contribution in [0.25, 0.3) is 62.8 Å². The molecule has 0 radical (unpaired) electrons. The van der Waals surface area contributed by atoms with Crippen LogP contribution < -0.4 is 0 Å². The van der Waals surface area contributed by atoms with Crippen LogP contribution in [-0.4, -0.2) is 34.7 Å². The fourth-order valence-corrected chi connectivity index (χ4v) is 5.23. The van der Waals surface area contributed by atoms with Gasteiger partial charge < -0.3 is 0 Å². The molecule has 7 aromatic rings. The highest BCUT2D eigenvalue weighted by Gasteiger charge is 2.20. The van der Waals surface area contributed by atoms with Crippen molar-refractivity contribution in [3.63, 3.8) is 0 Å². The van der Waals surface area contributed by atoms with Gasteiger partial charge in [-0.1, -0.05) is 87.5 Å². The summed E-state index contributed by atoms with van der Waals surface area (Å²) in [6.45, 7) is 6.65. The minimum absolute atomic E-state index is 0.0830. The molecule has 7 rings (SSSR count). The summed E-state index contributed by atoms with van der Waals surface area (Å²) in [6, 6.07) is 42.2. The molecule has 2 aromatic carbocycles. The van der Waals surface area contributed by atoms with Crippen LogP contribution in [0.1, 0.15) is 26.3 Å². The predicted molar refractivity (Wildman–Crippen MR) is 178 cm³/mol. The number of rotatable bonds is 6. The smallest absolute Gasteiger partial charge is 0.187 e. The SMILES string of the molecule is CC(C)(C)c1ccc(-c2cccc(-c3nnc(-c4cccc(-c5cccc(-c6ccccn6)n5)n4)n3-c3ccccc3)n2)cc1. The first-order valence-electron chi connectivity index (χ1n) is 14.9. The van der Waals surface area contributed by atoms with Crippen molar-refractivity contribution < 1.29 is 0 Å². The van der Waals surface area contributed by atoms with Gasteiger partial charge in [0.15, 0.2) is 11.6 Å². The third-order valence-electron chi connectivity index (χ3n) is 7.62. The standard InChI is InChI=1S/C38H31N7/c1-38(2,3)27-23-21-26(22-24-27)29-15-9-19-34(40-29)36-43-44-37(45(36)28-12-5-4-6-13-28)35-20-11-18-33(42-35)32-17-10-16-31(41-32)30-14-7-8-25-39-30/h4-25H,1-3H3. The topological polar surface area (TPSA) is 82.3 Å². The molecular formula is C38H31N7. The number of benzene rings is 2. The summed E-state index contributed by atoms with van der Waals surface area (Å²) in [6.07, 6.45) is 1.77. The Morgan fingerprint density at radius 2 is 0.933 bits per heavy atom. The molecule has 0 bridgehead atoms. The summed E-state index contributed by atoms with van der Waals surface area (Å²) < 4.78 is 2.01. The first kappa shape index (κ1) is 28.0. The van der Waals surface area contributed by atoms with E-state index < -0.39 is 0 Å². The molecule has 0 aliphatic heterocycles. The lowest BCUT2D eigenvalue weighted by Gasteiger charge is -2.19. The fourth-order valence-electron chi connectivity index (χ4n) is 5.23. The van der Waals surface area contributed by atoms with Crippen LogP contribution in [0.2, 0.25) is 0 Å². The van der Waals surface area contributed by atoms with Crippen molar-refractivity contribution in [1.29, 1.82) is 0 Å². The summed E-state index contributed by atoms with van der Waals surface area (Å²) in [5, 5.41) is 9.32. The van der Waals surface area contributed by atoms with Crippen molar-refractivity contribution >= 4 is 0 Å². The van der Waals surface area contributed by atoms with Gasteiger partial charge in [-0.25, -0.2) is 15.0 Å². The molecule has 0 saturated carbocycles. The molecule has 5 aromatic heterocycles. The van der Waals surface area contributed by atoms with Crippen molar-refractivity contribution in [2.75, 3.05) is 0 Å². The van der Waals surface area contributed by atoms with Gasteiger partial charge in [-0.2, -0.15) is 0 Å². The van der Waals surface area contributed by atoms with Crippen LogP contribution in [0, 0.1) is 0 Å². The van der Waals surface area contributed by atoms with Gasteiger partial charge in [-0.3, -0.25) is 9.55 Å². The Bertz CT molecular complexity index is 2080. The molecule has 0 aliphatic carbocycles. The summed E-state index contributed by atoms with van der Waals surface area (Å²) in [5.41, 5.74) is 8.66. The van der Waals surface area contributed by atoms with Crippen LogP contribution in [-0.2, 0) is 5.41 Å². The zero-order valence-electron chi connectivity index (χ0n) is 25.3. The minimum atomic E-state index is 0.0830. The number of nitrogens with zero attached hydrogens (tertiary/aromatic N) is 7. The van der Waals surface area contributed by atoms with Crippen molar-refractivity contribution in [3.05, 3.63) is 139 Å². The molecule has 7 nitrogen and oxygen atoms in total. The van der Waals surface area contributed by atoms with Crippen LogP contribution in [0.3, 0.4) is 0 Å². The Balaban J connectivity index is 1.30. The average Bonchev–Trinajstić information content (AvgIpc) is 3.55. The molecule has 0 saturated heterocycles. The molecule has 0 fully saturated rings. The van der Waals surface area contributed by atoms with Gasteiger partial charge in [0, 0.05) is 17.4 Å². The molecule has 0 atom stereocenters. The van der Waals surface area contributed by atoms with Crippen LogP contribution in [0.15, 0.2) is 134 Å². The average molecular weight is 586 g/mol. The molecule has 45 heavy (non-hydrogen) atoms. The Kier molecular flexibility index (Phi) is 7.27.